The van der Waals surface area contributed by atoms with Gasteiger partial charge in [0.1, 0.15) is 6.61 Å². The highest BCUT2D eigenvalue weighted by Gasteiger charge is 2.30. The van der Waals surface area contributed by atoms with Crippen LogP contribution < -0.4 is 0 Å². The van der Waals surface area contributed by atoms with Crippen molar-refractivity contribution < 1.29 is 34.4 Å². The van der Waals surface area contributed by atoms with Gasteiger partial charge in [-0.05, 0) is 25.7 Å². The zero-order valence-corrected chi connectivity index (χ0v) is 19.8. The molecule has 0 fully saturated rings. The fourth-order valence-electron chi connectivity index (χ4n) is 3.26. The molecular weight excluding hydrogens is 400 g/mol. The summed E-state index contributed by atoms with van der Waals surface area (Å²) in [5, 5.41) is 27.7. The zero-order valence-electron chi connectivity index (χ0n) is 19.8. The molecule has 3 N–H and O–H groups in total. The fraction of sp³-hybridized carbons (Fsp3) is 0.917. The van der Waals surface area contributed by atoms with E-state index in [0.29, 0.717) is 13.0 Å². The third-order valence-electron chi connectivity index (χ3n) is 5.71. The van der Waals surface area contributed by atoms with Crippen LogP contribution in [-0.4, -0.2) is 60.3 Å². The average Bonchev–Trinajstić information content (AvgIpc) is 2.79. The van der Waals surface area contributed by atoms with Gasteiger partial charge in [-0.3, -0.25) is 9.59 Å². The summed E-state index contributed by atoms with van der Waals surface area (Å²) in [6, 6.07) is 0. The number of unbranched alkanes of at least 4 members (excludes halogenated alkanes) is 7. The second kappa shape index (κ2) is 19.5. The highest BCUT2D eigenvalue weighted by Crippen LogP contribution is 2.19. The topological polar surface area (TPSA) is 113 Å². The quantitative estimate of drug-likeness (QED) is 0.182. The van der Waals surface area contributed by atoms with E-state index >= 15 is 0 Å². The molecule has 7 heteroatoms. The summed E-state index contributed by atoms with van der Waals surface area (Å²) in [5.41, 5.74) is -1.19. The Kier molecular flexibility index (Phi) is 18.8. The SMILES string of the molecule is CCCCCCC(CCCC)C(=O)OCCCCCCC(=O)OCC(CO)(CO)CO. The van der Waals surface area contributed by atoms with E-state index in [2.05, 4.69) is 13.8 Å². The Balaban J connectivity index is 3.93. The largest absolute Gasteiger partial charge is 0.465 e. The van der Waals surface area contributed by atoms with Crippen LogP contribution in [0, 0.1) is 11.3 Å². The predicted octanol–water partition coefficient (Wildman–Crippen LogP) is 3.76. The van der Waals surface area contributed by atoms with E-state index in [0.717, 1.165) is 51.4 Å². The van der Waals surface area contributed by atoms with Crippen molar-refractivity contribution >= 4 is 11.9 Å². The van der Waals surface area contributed by atoms with Gasteiger partial charge >= 0.3 is 11.9 Å². The van der Waals surface area contributed by atoms with E-state index < -0.39 is 31.2 Å². The van der Waals surface area contributed by atoms with Crippen LogP contribution in [0.15, 0.2) is 0 Å². The Hall–Kier alpha value is -1.18. The molecule has 0 spiro atoms. The molecule has 0 heterocycles. The number of aliphatic hydroxyl groups excluding tert-OH is 3. The monoisotopic (exact) mass is 446 g/mol. The first kappa shape index (κ1) is 29.8. The van der Waals surface area contributed by atoms with Crippen molar-refractivity contribution in [3.05, 3.63) is 0 Å². The first-order valence-electron chi connectivity index (χ1n) is 12.1. The van der Waals surface area contributed by atoms with Crippen molar-refractivity contribution in [2.24, 2.45) is 11.3 Å². The highest BCUT2D eigenvalue weighted by molar-refractivity contribution is 5.72. The summed E-state index contributed by atoms with van der Waals surface area (Å²) in [4.78, 5) is 24.1. The number of ether oxygens (including phenoxy) is 2. The maximum absolute atomic E-state index is 12.4. The second-order valence-corrected chi connectivity index (χ2v) is 8.66. The molecule has 0 aliphatic rings. The lowest BCUT2D eigenvalue weighted by molar-refractivity contribution is -0.151. The lowest BCUT2D eigenvalue weighted by Crippen LogP contribution is -2.39. The number of rotatable bonds is 21. The van der Waals surface area contributed by atoms with E-state index in [-0.39, 0.29) is 24.9 Å². The van der Waals surface area contributed by atoms with E-state index in [1.807, 2.05) is 0 Å². The summed E-state index contributed by atoms with van der Waals surface area (Å²) in [5.74, 6) is -0.447. The molecule has 184 valence electrons. The number of aliphatic hydroxyl groups is 3. The van der Waals surface area contributed by atoms with Crippen molar-refractivity contribution in [3.63, 3.8) is 0 Å². The first-order valence-corrected chi connectivity index (χ1v) is 12.1. The molecule has 0 bridgehead atoms. The van der Waals surface area contributed by atoms with Crippen LogP contribution in [0.2, 0.25) is 0 Å². The molecule has 0 aromatic carbocycles. The number of esters is 2. The number of carbonyl (C=O) groups excluding carboxylic acids is 2. The van der Waals surface area contributed by atoms with Crippen molar-refractivity contribution in [2.45, 2.75) is 97.3 Å². The van der Waals surface area contributed by atoms with E-state index in [1.165, 1.54) is 19.3 Å². The predicted molar refractivity (Wildman–Crippen MR) is 120 cm³/mol. The van der Waals surface area contributed by atoms with Gasteiger partial charge in [0.25, 0.3) is 0 Å². The van der Waals surface area contributed by atoms with Gasteiger partial charge < -0.3 is 24.8 Å². The second-order valence-electron chi connectivity index (χ2n) is 8.66. The summed E-state index contributed by atoms with van der Waals surface area (Å²) in [6.45, 7) is 3.17. The maximum atomic E-state index is 12.4. The zero-order chi connectivity index (χ0) is 23.4. The van der Waals surface area contributed by atoms with E-state index in [9.17, 15) is 24.9 Å². The molecule has 31 heavy (non-hydrogen) atoms. The van der Waals surface area contributed by atoms with Crippen LogP contribution in [0.3, 0.4) is 0 Å². The number of hydrogen-bond acceptors (Lipinski definition) is 7. The van der Waals surface area contributed by atoms with Crippen molar-refractivity contribution in [2.75, 3.05) is 33.0 Å². The smallest absolute Gasteiger partial charge is 0.308 e. The van der Waals surface area contributed by atoms with Gasteiger partial charge in [-0.2, -0.15) is 0 Å². The molecule has 0 aliphatic carbocycles. The van der Waals surface area contributed by atoms with Crippen LogP contribution in [0.1, 0.15) is 97.3 Å². The van der Waals surface area contributed by atoms with Gasteiger partial charge in [0.2, 0.25) is 0 Å². The molecule has 1 unspecified atom stereocenters. The molecule has 7 nitrogen and oxygen atoms in total. The first-order chi connectivity index (χ1) is 15.0. The molecule has 0 rings (SSSR count). The Labute approximate surface area is 188 Å². The highest BCUT2D eigenvalue weighted by atomic mass is 16.5. The van der Waals surface area contributed by atoms with Gasteiger partial charge in [0.15, 0.2) is 0 Å². The van der Waals surface area contributed by atoms with Gasteiger partial charge in [0, 0.05) is 6.42 Å². The summed E-state index contributed by atoms with van der Waals surface area (Å²) in [7, 11) is 0. The Morgan fingerprint density at radius 2 is 1.32 bits per heavy atom. The number of carbonyl (C=O) groups is 2. The third kappa shape index (κ3) is 14.5. The van der Waals surface area contributed by atoms with Crippen molar-refractivity contribution in [3.8, 4) is 0 Å². The Morgan fingerprint density at radius 1 is 0.742 bits per heavy atom. The average molecular weight is 447 g/mol. The lowest BCUT2D eigenvalue weighted by Gasteiger charge is -2.26. The normalized spacial score (nSPS) is 12.5. The van der Waals surface area contributed by atoms with Crippen molar-refractivity contribution in [1.82, 2.24) is 0 Å². The molecule has 0 amide bonds. The van der Waals surface area contributed by atoms with Crippen LogP contribution in [0.25, 0.3) is 0 Å². The molecule has 0 saturated carbocycles. The fourth-order valence-corrected chi connectivity index (χ4v) is 3.26. The Bertz CT molecular complexity index is 441. The van der Waals surface area contributed by atoms with Gasteiger partial charge in [-0.25, -0.2) is 0 Å². The minimum Gasteiger partial charge on any atom is -0.465 e. The van der Waals surface area contributed by atoms with Crippen molar-refractivity contribution in [1.29, 1.82) is 0 Å². The van der Waals surface area contributed by atoms with Gasteiger partial charge in [-0.1, -0.05) is 65.2 Å². The number of hydrogen-bond donors (Lipinski definition) is 3. The van der Waals surface area contributed by atoms with Crippen LogP contribution in [0.5, 0.6) is 0 Å². The molecule has 0 radical (unpaired) electrons. The minimum absolute atomic E-state index is 0.0236. The Morgan fingerprint density at radius 3 is 1.94 bits per heavy atom. The molecular formula is C24H46O7. The standard InChI is InChI=1S/C24H46O7/c1-3-5-7-10-14-21(13-6-4-2)23(29)30-16-12-9-8-11-15-22(28)31-20-24(17-25,18-26)19-27/h21,25-27H,3-20H2,1-2H3. The molecule has 0 aromatic heterocycles. The lowest BCUT2D eigenvalue weighted by atomic mass is 9.93. The minimum atomic E-state index is -1.19. The van der Waals surface area contributed by atoms with Gasteiger partial charge in [0.05, 0.1) is 37.8 Å². The summed E-state index contributed by atoms with van der Waals surface area (Å²) in [6.07, 6.45) is 12.0. The summed E-state index contributed by atoms with van der Waals surface area (Å²) >= 11 is 0. The van der Waals surface area contributed by atoms with Crippen LogP contribution in [-0.2, 0) is 19.1 Å². The molecule has 1 atom stereocenters. The molecule has 0 aromatic rings. The third-order valence-corrected chi connectivity index (χ3v) is 5.71. The van der Waals surface area contributed by atoms with Crippen LogP contribution >= 0.6 is 0 Å². The van der Waals surface area contributed by atoms with E-state index in [4.69, 9.17) is 9.47 Å². The summed E-state index contributed by atoms with van der Waals surface area (Å²) < 4.78 is 10.6. The molecule has 0 aliphatic heterocycles. The van der Waals surface area contributed by atoms with E-state index in [1.54, 1.807) is 0 Å². The van der Waals surface area contributed by atoms with Crippen LogP contribution in [0.4, 0.5) is 0 Å². The maximum Gasteiger partial charge on any atom is 0.308 e. The molecule has 0 saturated heterocycles. The van der Waals surface area contributed by atoms with Gasteiger partial charge in [-0.15, -0.1) is 0 Å².